The summed E-state index contributed by atoms with van der Waals surface area (Å²) in [6.45, 7) is 10.2. The van der Waals surface area contributed by atoms with E-state index in [1.54, 1.807) is 6.33 Å². The number of piperazine rings is 1. The Kier molecular flexibility index (Phi) is 5.74. The highest BCUT2D eigenvalue weighted by molar-refractivity contribution is 5.86. The van der Waals surface area contributed by atoms with E-state index in [0.717, 1.165) is 68.3 Å². The van der Waals surface area contributed by atoms with E-state index in [2.05, 4.69) is 56.8 Å². The van der Waals surface area contributed by atoms with Crippen LogP contribution in [0.25, 0.3) is 10.9 Å². The molecule has 2 aromatic heterocycles. The molecule has 164 valence electrons. The lowest BCUT2D eigenvalue weighted by molar-refractivity contribution is 0.139. The number of hydrogen-bond acceptors (Lipinski definition) is 8. The maximum atomic E-state index is 6.11. The van der Waals surface area contributed by atoms with Crippen molar-refractivity contribution >= 4 is 16.6 Å². The molecule has 1 atom stereocenters. The number of hydrogen-bond donors (Lipinski definition) is 0. The van der Waals surface area contributed by atoms with E-state index in [-0.39, 0.29) is 6.10 Å². The third-order valence-corrected chi connectivity index (χ3v) is 5.99. The third kappa shape index (κ3) is 4.50. The van der Waals surface area contributed by atoms with E-state index >= 15 is 0 Å². The largest absolute Gasteiger partial charge is 0.471 e. The van der Waals surface area contributed by atoms with Gasteiger partial charge in [-0.3, -0.25) is 4.90 Å². The van der Waals surface area contributed by atoms with Crippen LogP contribution < -0.4 is 9.64 Å². The standard InChI is InChI=1S/C23H29N5O3/c1-16(2)21-12-24-22(31-21)13-27-6-8-28(9-7-27)17-3-4-20-19(11-17)23(26-15-25-20)30-18-5-10-29-14-18/h3-4,11-12,15-16,18H,5-10,13-14H2,1-2H3. The lowest BCUT2D eigenvalue weighted by Crippen LogP contribution is -2.46. The first-order chi connectivity index (χ1) is 15.2. The van der Waals surface area contributed by atoms with Gasteiger partial charge in [0.1, 0.15) is 18.2 Å². The van der Waals surface area contributed by atoms with E-state index in [1.807, 2.05) is 6.20 Å². The fourth-order valence-electron chi connectivity index (χ4n) is 4.10. The van der Waals surface area contributed by atoms with Gasteiger partial charge in [-0.25, -0.2) is 15.0 Å². The second-order valence-electron chi connectivity index (χ2n) is 8.56. The molecule has 2 fully saturated rings. The Bertz CT molecular complexity index is 1020. The molecule has 0 saturated carbocycles. The van der Waals surface area contributed by atoms with Crippen LogP contribution in [0.15, 0.2) is 35.1 Å². The van der Waals surface area contributed by atoms with Crippen LogP contribution >= 0.6 is 0 Å². The van der Waals surface area contributed by atoms with Gasteiger partial charge in [-0.2, -0.15) is 0 Å². The summed E-state index contributed by atoms with van der Waals surface area (Å²) >= 11 is 0. The van der Waals surface area contributed by atoms with Gasteiger partial charge in [0.2, 0.25) is 11.8 Å². The number of ether oxygens (including phenoxy) is 2. The number of benzene rings is 1. The molecule has 0 radical (unpaired) electrons. The van der Waals surface area contributed by atoms with E-state index < -0.39 is 0 Å². The molecule has 0 spiro atoms. The summed E-state index contributed by atoms with van der Waals surface area (Å²) in [6, 6.07) is 6.34. The maximum Gasteiger partial charge on any atom is 0.224 e. The summed E-state index contributed by atoms with van der Waals surface area (Å²) in [7, 11) is 0. The summed E-state index contributed by atoms with van der Waals surface area (Å²) in [5.41, 5.74) is 2.07. The highest BCUT2D eigenvalue weighted by Gasteiger charge is 2.22. The summed E-state index contributed by atoms with van der Waals surface area (Å²) in [5.74, 6) is 2.77. The minimum Gasteiger partial charge on any atom is -0.471 e. The lowest BCUT2D eigenvalue weighted by Gasteiger charge is -2.35. The number of anilines is 1. The van der Waals surface area contributed by atoms with Crippen LogP contribution in [0.2, 0.25) is 0 Å². The van der Waals surface area contributed by atoms with Crippen LogP contribution in [-0.2, 0) is 11.3 Å². The molecule has 2 saturated heterocycles. The molecule has 31 heavy (non-hydrogen) atoms. The van der Waals surface area contributed by atoms with Gasteiger partial charge < -0.3 is 18.8 Å². The second-order valence-corrected chi connectivity index (χ2v) is 8.56. The first kappa shape index (κ1) is 20.2. The third-order valence-electron chi connectivity index (χ3n) is 5.99. The number of rotatable bonds is 6. The summed E-state index contributed by atoms with van der Waals surface area (Å²) < 4.78 is 17.4. The van der Waals surface area contributed by atoms with E-state index in [1.165, 1.54) is 5.69 Å². The predicted octanol–water partition coefficient (Wildman–Crippen LogP) is 3.23. The van der Waals surface area contributed by atoms with Gasteiger partial charge in [-0.15, -0.1) is 0 Å². The Labute approximate surface area is 182 Å². The van der Waals surface area contributed by atoms with Crippen molar-refractivity contribution in [1.82, 2.24) is 19.9 Å². The quantitative estimate of drug-likeness (QED) is 0.598. The van der Waals surface area contributed by atoms with Gasteiger partial charge in [0, 0.05) is 44.2 Å². The van der Waals surface area contributed by atoms with E-state index in [0.29, 0.717) is 18.4 Å². The molecule has 1 unspecified atom stereocenters. The fraction of sp³-hybridized carbons (Fsp3) is 0.522. The topological polar surface area (TPSA) is 76.8 Å². The number of aromatic nitrogens is 3. The molecular formula is C23H29N5O3. The monoisotopic (exact) mass is 423 g/mol. The number of fused-ring (bicyclic) bond motifs is 1. The van der Waals surface area contributed by atoms with Crippen LogP contribution in [0.4, 0.5) is 5.69 Å². The van der Waals surface area contributed by atoms with Crippen LogP contribution in [0, 0.1) is 0 Å². The zero-order chi connectivity index (χ0) is 21.2. The van der Waals surface area contributed by atoms with Crippen molar-refractivity contribution in [3.8, 4) is 5.88 Å². The molecule has 3 aromatic rings. The average molecular weight is 424 g/mol. The smallest absolute Gasteiger partial charge is 0.224 e. The summed E-state index contributed by atoms with van der Waals surface area (Å²) in [5, 5.41) is 0.954. The first-order valence-electron chi connectivity index (χ1n) is 11.1. The molecule has 1 aromatic carbocycles. The van der Waals surface area contributed by atoms with Crippen molar-refractivity contribution in [2.75, 3.05) is 44.3 Å². The van der Waals surface area contributed by atoms with Crippen molar-refractivity contribution in [3.05, 3.63) is 42.4 Å². The Balaban J connectivity index is 1.25. The molecule has 2 aliphatic rings. The Morgan fingerprint density at radius 1 is 1.13 bits per heavy atom. The zero-order valence-corrected chi connectivity index (χ0v) is 18.2. The number of oxazole rings is 1. The van der Waals surface area contributed by atoms with Crippen LogP contribution in [0.5, 0.6) is 5.88 Å². The average Bonchev–Trinajstić information content (AvgIpc) is 3.47. The molecule has 0 N–H and O–H groups in total. The fourth-order valence-corrected chi connectivity index (χ4v) is 4.10. The van der Waals surface area contributed by atoms with E-state index in [9.17, 15) is 0 Å². The zero-order valence-electron chi connectivity index (χ0n) is 18.2. The van der Waals surface area contributed by atoms with Gasteiger partial charge in [0.15, 0.2) is 0 Å². The lowest BCUT2D eigenvalue weighted by atomic mass is 10.2. The van der Waals surface area contributed by atoms with Gasteiger partial charge in [0.05, 0.1) is 36.9 Å². The minimum absolute atomic E-state index is 0.0664. The molecule has 8 heteroatoms. The highest BCUT2D eigenvalue weighted by Crippen LogP contribution is 2.29. The van der Waals surface area contributed by atoms with Crippen molar-refractivity contribution in [1.29, 1.82) is 0 Å². The summed E-state index contributed by atoms with van der Waals surface area (Å²) in [4.78, 5) is 18.0. The Morgan fingerprint density at radius 3 is 2.74 bits per heavy atom. The van der Waals surface area contributed by atoms with Crippen LogP contribution in [-0.4, -0.2) is 65.3 Å². The SMILES string of the molecule is CC(C)c1cnc(CN2CCN(c3ccc4ncnc(OC5CCOC5)c4c3)CC2)o1. The molecule has 0 amide bonds. The minimum atomic E-state index is 0.0664. The van der Waals surface area contributed by atoms with Crippen molar-refractivity contribution < 1.29 is 13.9 Å². The molecule has 2 aliphatic heterocycles. The van der Waals surface area contributed by atoms with Crippen molar-refractivity contribution in [3.63, 3.8) is 0 Å². The molecule has 4 heterocycles. The number of nitrogens with zero attached hydrogens (tertiary/aromatic N) is 5. The van der Waals surface area contributed by atoms with Gasteiger partial charge in [-0.05, 0) is 18.2 Å². The Hall–Kier alpha value is -2.71. The Morgan fingerprint density at radius 2 is 2.00 bits per heavy atom. The van der Waals surface area contributed by atoms with Crippen LogP contribution in [0.3, 0.4) is 0 Å². The van der Waals surface area contributed by atoms with E-state index in [4.69, 9.17) is 13.9 Å². The van der Waals surface area contributed by atoms with Gasteiger partial charge >= 0.3 is 0 Å². The van der Waals surface area contributed by atoms with Crippen molar-refractivity contribution in [2.45, 2.75) is 38.8 Å². The van der Waals surface area contributed by atoms with Crippen LogP contribution in [0.1, 0.15) is 37.8 Å². The van der Waals surface area contributed by atoms with Gasteiger partial charge in [0.25, 0.3) is 0 Å². The second kappa shape index (κ2) is 8.80. The first-order valence-corrected chi connectivity index (χ1v) is 11.1. The molecular weight excluding hydrogens is 394 g/mol. The molecule has 8 nitrogen and oxygen atoms in total. The summed E-state index contributed by atoms with van der Waals surface area (Å²) in [6.07, 6.45) is 4.39. The molecule has 5 rings (SSSR count). The molecule has 0 bridgehead atoms. The highest BCUT2D eigenvalue weighted by atomic mass is 16.5. The van der Waals surface area contributed by atoms with Crippen molar-refractivity contribution in [2.24, 2.45) is 0 Å². The maximum absolute atomic E-state index is 6.11. The normalized spacial score (nSPS) is 20.1. The molecule has 0 aliphatic carbocycles. The van der Waals surface area contributed by atoms with Gasteiger partial charge in [-0.1, -0.05) is 13.8 Å². The predicted molar refractivity (Wildman–Crippen MR) is 117 cm³/mol.